The Morgan fingerprint density at radius 1 is 0.719 bits per heavy atom. The number of hydrogen-bond donors (Lipinski definition) is 0. The van der Waals surface area contributed by atoms with Crippen molar-refractivity contribution in [1.82, 2.24) is 0 Å². The molecule has 32 heavy (non-hydrogen) atoms. The third kappa shape index (κ3) is 10.6. The van der Waals surface area contributed by atoms with Gasteiger partial charge in [-0.25, -0.2) is 0 Å². The Labute approximate surface area is 193 Å². The number of unbranched alkanes of at least 4 members (excludes halogenated alkanes) is 5. The summed E-state index contributed by atoms with van der Waals surface area (Å²) in [5.41, 5.74) is 1.97. The van der Waals surface area contributed by atoms with Crippen molar-refractivity contribution in [2.24, 2.45) is 5.92 Å². The number of carbonyl (C=O) groups excluding carboxylic acids is 2. The second kappa shape index (κ2) is 15.2. The molecule has 2 aromatic rings. The Morgan fingerprint density at radius 2 is 1.31 bits per heavy atom. The van der Waals surface area contributed by atoms with Crippen molar-refractivity contribution < 1.29 is 19.1 Å². The third-order valence-corrected chi connectivity index (χ3v) is 5.40. The zero-order valence-corrected chi connectivity index (χ0v) is 19.7. The van der Waals surface area contributed by atoms with Gasteiger partial charge in [0.25, 0.3) is 0 Å². The molecular weight excluding hydrogens is 400 g/mol. The van der Waals surface area contributed by atoms with Gasteiger partial charge in [-0.1, -0.05) is 88.1 Å². The second-order valence-corrected chi connectivity index (χ2v) is 8.71. The lowest BCUT2D eigenvalue weighted by atomic mass is 10.0. The molecule has 0 N–H and O–H groups in total. The molecule has 0 unspecified atom stereocenters. The molecule has 174 valence electrons. The van der Waals surface area contributed by atoms with E-state index in [1.165, 1.54) is 0 Å². The highest BCUT2D eigenvalue weighted by atomic mass is 16.5. The summed E-state index contributed by atoms with van der Waals surface area (Å²) >= 11 is 0. The van der Waals surface area contributed by atoms with Gasteiger partial charge in [0.15, 0.2) is 0 Å². The molecule has 0 saturated heterocycles. The predicted octanol–water partition coefficient (Wildman–Crippen LogP) is 7.36. The summed E-state index contributed by atoms with van der Waals surface area (Å²) in [6.45, 7) is 4.90. The van der Waals surface area contributed by atoms with E-state index < -0.39 is 0 Å². The molecule has 0 radical (unpaired) electrons. The van der Waals surface area contributed by atoms with Gasteiger partial charge in [0.05, 0.1) is 6.61 Å². The van der Waals surface area contributed by atoms with Gasteiger partial charge < -0.3 is 9.47 Å². The highest BCUT2D eigenvalue weighted by Gasteiger charge is 2.10. The van der Waals surface area contributed by atoms with E-state index >= 15 is 0 Å². The minimum Gasteiger partial charge on any atom is -0.466 e. The standard InChI is InChI=1S/C28H38O4/c1-23(2)15-14-22-31-27(29)20-10-5-3-4-6-11-21-28(30)32-26-19-13-12-18-25(26)24-16-8-7-9-17-24/h7-9,12-13,16-19,23H,3-6,10-11,14-15,20-22H2,1-2H3. The maximum Gasteiger partial charge on any atom is 0.311 e. The molecule has 2 rings (SSSR count). The molecule has 0 amide bonds. The van der Waals surface area contributed by atoms with E-state index in [1.54, 1.807) is 0 Å². The zero-order chi connectivity index (χ0) is 23.0. The summed E-state index contributed by atoms with van der Waals surface area (Å²) in [6, 6.07) is 17.6. The summed E-state index contributed by atoms with van der Waals surface area (Å²) in [7, 11) is 0. The van der Waals surface area contributed by atoms with Gasteiger partial charge in [0, 0.05) is 18.4 Å². The number of esters is 2. The van der Waals surface area contributed by atoms with Crippen LogP contribution in [0.2, 0.25) is 0 Å². The fraction of sp³-hybridized carbons (Fsp3) is 0.500. The van der Waals surface area contributed by atoms with Crippen LogP contribution in [0, 0.1) is 5.92 Å². The van der Waals surface area contributed by atoms with E-state index in [9.17, 15) is 9.59 Å². The number of rotatable bonds is 15. The first kappa shape index (κ1) is 25.6. The van der Waals surface area contributed by atoms with Crippen molar-refractivity contribution in [3.8, 4) is 16.9 Å². The van der Waals surface area contributed by atoms with Gasteiger partial charge in [-0.15, -0.1) is 0 Å². The number of ether oxygens (including phenoxy) is 2. The Hall–Kier alpha value is -2.62. The Bertz CT molecular complexity index is 798. The Kier molecular flexibility index (Phi) is 12.2. The largest absolute Gasteiger partial charge is 0.466 e. The maximum absolute atomic E-state index is 12.3. The lowest BCUT2D eigenvalue weighted by molar-refractivity contribution is -0.144. The van der Waals surface area contributed by atoms with Gasteiger partial charge in [-0.05, 0) is 43.2 Å². The van der Waals surface area contributed by atoms with E-state index in [1.807, 2.05) is 54.6 Å². The van der Waals surface area contributed by atoms with E-state index in [4.69, 9.17) is 9.47 Å². The van der Waals surface area contributed by atoms with Crippen LogP contribution in [0.15, 0.2) is 54.6 Å². The Balaban J connectivity index is 1.53. The quantitative estimate of drug-likeness (QED) is 0.166. The number of hydrogen-bond acceptors (Lipinski definition) is 4. The highest BCUT2D eigenvalue weighted by molar-refractivity contribution is 5.78. The predicted molar refractivity (Wildman–Crippen MR) is 129 cm³/mol. The summed E-state index contributed by atoms with van der Waals surface area (Å²) in [5, 5.41) is 0. The van der Waals surface area contributed by atoms with Crippen molar-refractivity contribution in [2.75, 3.05) is 6.61 Å². The summed E-state index contributed by atoms with van der Waals surface area (Å²) < 4.78 is 10.9. The van der Waals surface area contributed by atoms with Gasteiger partial charge in [-0.2, -0.15) is 0 Å². The van der Waals surface area contributed by atoms with Crippen LogP contribution in [0.25, 0.3) is 11.1 Å². The van der Waals surface area contributed by atoms with Gasteiger partial charge in [0.2, 0.25) is 0 Å². The van der Waals surface area contributed by atoms with Crippen LogP contribution in [-0.4, -0.2) is 18.5 Å². The van der Waals surface area contributed by atoms with E-state index in [-0.39, 0.29) is 11.9 Å². The first-order chi connectivity index (χ1) is 15.6. The summed E-state index contributed by atoms with van der Waals surface area (Å²) in [5.74, 6) is 1.00. The van der Waals surface area contributed by atoms with Crippen LogP contribution in [0.1, 0.15) is 78.1 Å². The first-order valence-corrected chi connectivity index (χ1v) is 12.1. The Morgan fingerprint density at radius 3 is 2.00 bits per heavy atom. The minimum absolute atomic E-state index is 0.0766. The van der Waals surface area contributed by atoms with Crippen LogP contribution in [-0.2, 0) is 14.3 Å². The molecule has 0 saturated carbocycles. The molecule has 0 heterocycles. The molecule has 4 nitrogen and oxygen atoms in total. The van der Waals surface area contributed by atoms with Gasteiger partial charge in [-0.3, -0.25) is 9.59 Å². The van der Waals surface area contributed by atoms with Gasteiger partial charge >= 0.3 is 11.9 Å². The molecular formula is C28H38O4. The second-order valence-electron chi connectivity index (χ2n) is 8.71. The SMILES string of the molecule is CC(C)CCCOC(=O)CCCCCCCCC(=O)Oc1ccccc1-c1ccccc1. The average molecular weight is 439 g/mol. The van der Waals surface area contributed by atoms with Crippen molar-refractivity contribution in [3.63, 3.8) is 0 Å². The first-order valence-electron chi connectivity index (χ1n) is 12.1. The van der Waals surface area contributed by atoms with Crippen LogP contribution >= 0.6 is 0 Å². The molecule has 0 aliphatic heterocycles. The lowest BCUT2D eigenvalue weighted by Gasteiger charge is -2.10. The van der Waals surface area contributed by atoms with Crippen LogP contribution in [0.3, 0.4) is 0 Å². The number of benzene rings is 2. The monoisotopic (exact) mass is 438 g/mol. The normalized spacial score (nSPS) is 10.8. The molecule has 4 heteroatoms. The van der Waals surface area contributed by atoms with Crippen molar-refractivity contribution in [2.45, 2.75) is 78.1 Å². The van der Waals surface area contributed by atoms with E-state index in [2.05, 4.69) is 13.8 Å². The molecule has 0 fully saturated rings. The summed E-state index contributed by atoms with van der Waals surface area (Å²) in [6.07, 6.45) is 8.84. The fourth-order valence-electron chi connectivity index (χ4n) is 3.58. The van der Waals surface area contributed by atoms with E-state index in [0.717, 1.165) is 62.5 Å². The van der Waals surface area contributed by atoms with Gasteiger partial charge in [0.1, 0.15) is 5.75 Å². The molecule has 0 spiro atoms. The van der Waals surface area contributed by atoms with Crippen molar-refractivity contribution >= 4 is 11.9 Å². The van der Waals surface area contributed by atoms with Crippen LogP contribution < -0.4 is 4.74 Å². The molecule has 0 aromatic heterocycles. The smallest absolute Gasteiger partial charge is 0.311 e. The van der Waals surface area contributed by atoms with Crippen molar-refractivity contribution in [3.05, 3.63) is 54.6 Å². The molecule has 0 aliphatic carbocycles. The van der Waals surface area contributed by atoms with E-state index in [0.29, 0.717) is 31.1 Å². The molecule has 2 aromatic carbocycles. The zero-order valence-electron chi connectivity index (χ0n) is 19.7. The van der Waals surface area contributed by atoms with Crippen molar-refractivity contribution in [1.29, 1.82) is 0 Å². The number of para-hydroxylation sites is 1. The number of carbonyl (C=O) groups is 2. The fourth-order valence-corrected chi connectivity index (χ4v) is 3.58. The molecule has 0 bridgehead atoms. The topological polar surface area (TPSA) is 52.6 Å². The third-order valence-electron chi connectivity index (χ3n) is 5.40. The summed E-state index contributed by atoms with van der Waals surface area (Å²) in [4.78, 5) is 24.0. The van der Waals surface area contributed by atoms with Crippen LogP contribution in [0.5, 0.6) is 5.75 Å². The lowest BCUT2D eigenvalue weighted by Crippen LogP contribution is -2.08. The minimum atomic E-state index is -0.186. The maximum atomic E-state index is 12.3. The average Bonchev–Trinajstić information content (AvgIpc) is 2.79. The highest BCUT2D eigenvalue weighted by Crippen LogP contribution is 2.29. The molecule has 0 atom stereocenters. The molecule has 0 aliphatic rings. The van der Waals surface area contributed by atoms with Crippen LogP contribution in [0.4, 0.5) is 0 Å².